The fraction of sp³-hybridized carbons (Fsp3) is 0.0625. The van der Waals surface area contributed by atoms with Crippen molar-refractivity contribution in [3.8, 4) is 11.4 Å². The number of carbonyl (C=O) groups excluding carboxylic acids is 1. The topological polar surface area (TPSA) is 65.2 Å². The molecule has 0 saturated carbocycles. The standard InChI is InChI=1S/C16H10BrFN2O3/c17-12-3-1-2-11(8-12)16(21)22-9-14-19-15(20-23-14)10-4-6-13(18)7-5-10/h1-8H,9H2. The molecule has 1 aromatic heterocycles. The molecule has 116 valence electrons. The van der Waals surface area contributed by atoms with Gasteiger partial charge in [0, 0.05) is 10.0 Å². The van der Waals surface area contributed by atoms with Crippen molar-refractivity contribution in [2.24, 2.45) is 0 Å². The monoisotopic (exact) mass is 376 g/mol. The number of halogens is 2. The van der Waals surface area contributed by atoms with Crippen LogP contribution in [-0.2, 0) is 11.3 Å². The first-order chi connectivity index (χ1) is 11.1. The van der Waals surface area contributed by atoms with Gasteiger partial charge in [0.05, 0.1) is 5.56 Å². The van der Waals surface area contributed by atoms with Gasteiger partial charge in [-0.25, -0.2) is 9.18 Å². The molecule has 0 amide bonds. The highest BCUT2D eigenvalue weighted by Gasteiger charge is 2.12. The fourth-order valence-corrected chi connectivity index (χ4v) is 2.26. The van der Waals surface area contributed by atoms with Crippen LogP contribution in [0.5, 0.6) is 0 Å². The number of benzene rings is 2. The summed E-state index contributed by atoms with van der Waals surface area (Å²) >= 11 is 3.29. The molecule has 0 radical (unpaired) electrons. The highest BCUT2D eigenvalue weighted by molar-refractivity contribution is 9.10. The quantitative estimate of drug-likeness (QED) is 0.644. The summed E-state index contributed by atoms with van der Waals surface area (Å²) in [6.45, 7) is -0.139. The molecule has 0 saturated heterocycles. The highest BCUT2D eigenvalue weighted by Crippen LogP contribution is 2.17. The lowest BCUT2D eigenvalue weighted by Crippen LogP contribution is -2.05. The van der Waals surface area contributed by atoms with Gasteiger partial charge in [-0.2, -0.15) is 4.98 Å². The van der Waals surface area contributed by atoms with Gasteiger partial charge in [-0.3, -0.25) is 0 Å². The molecular weight excluding hydrogens is 367 g/mol. The second kappa shape index (κ2) is 6.70. The Morgan fingerprint density at radius 2 is 2.00 bits per heavy atom. The van der Waals surface area contributed by atoms with Gasteiger partial charge in [-0.05, 0) is 42.5 Å². The van der Waals surface area contributed by atoms with E-state index in [9.17, 15) is 9.18 Å². The Hall–Kier alpha value is -2.54. The Bertz CT molecular complexity index is 833. The molecular formula is C16H10BrFN2O3. The van der Waals surface area contributed by atoms with Crippen molar-refractivity contribution < 1.29 is 18.4 Å². The van der Waals surface area contributed by atoms with E-state index in [4.69, 9.17) is 9.26 Å². The van der Waals surface area contributed by atoms with Crippen LogP contribution in [0.15, 0.2) is 57.5 Å². The normalized spacial score (nSPS) is 10.5. The fourth-order valence-electron chi connectivity index (χ4n) is 1.86. The molecule has 0 aliphatic rings. The van der Waals surface area contributed by atoms with Gasteiger partial charge < -0.3 is 9.26 Å². The summed E-state index contributed by atoms with van der Waals surface area (Å²) in [6, 6.07) is 12.5. The van der Waals surface area contributed by atoms with Crippen molar-refractivity contribution in [2.75, 3.05) is 0 Å². The third-order valence-corrected chi connectivity index (χ3v) is 3.45. The van der Waals surface area contributed by atoms with Crippen LogP contribution in [0.3, 0.4) is 0 Å². The summed E-state index contributed by atoms with van der Waals surface area (Å²) in [7, 11) is 0. The van der Waals surface area contributed by atoms with E-state index in [1.807, 2.05) is 6.07 Å². The summed E-state index contributed by atoms with van der Waals surface area (Å²) in [5.74, 6) is -0.376. The molecule has 0 fully saturated rings. The Kier molecular flexibility index (Phi) is 4.47. The summed E-state index contributed by atoms with van der Waals surface area (Å²) in [5.41, 5.74) is 1.03. The maximum atomic E-state index is 12.9. The van der Waals surface area contributed by atoms with Crippen molar-refractivity contribution in [3.63, 3.8) is 0 Å². The third kappa shape index (κ3) is 3.81. The minimum absolute atomic E-state index is 0.139. The van der Waals surface area contributed by atoms with Crippen molar-refractivity contribution in [1.82, 2.24) is 10.1 Å². The van der Waals surface area contributed by atoms with Crippen LogP contribution in [0.2, 0.25) is 0 Å². The molecule has 0 aliphatic carbocycles. The van der Waals surface area contributed by atoms with Gasteiger partial charge in [0.1, 0.15) is 5.82 Å². The van der Waals surface area contributed by atoms with Crippen LogP contribution in [-0.4, -0.2) is 16.1 Å². The van der Waals surface area contributed by atoms with Crippen molar-refractivity contribution in [3.05, 3.63) is 70.3 Å². The average molecular weight is 377 g/mol. The molecule has 1 heterocycles. The second-order valence-corrected chi connectivity index (χ2v) is 5.52. The van der Waals surface area contributed by atoms with E-state index in [2.05, 4.69) is 26.1 Å². The number of rotatable bonds is 4. The molecule has 0 spiro atoms. The molecule has 0 atom stereocenters. The van der Waals surface area contributed by atoms with Crippen LogP contribution < -0.4 is 0 Å². The van der Waals surface area contributed by atoms with Crippen LogP contribution in [0.4, 0.5) is 4.39 Å². The predicted octanol–water partition coefficient (Wildman–Crippen LogP) is 4.00. The molecule has 3 aromatic rings. The lowest BCUT2D eigenvalue weighted by molar-refractivity contribution is 0.0429. The van der Waals surface area contributed by atoms with Crippen LogP contribution in [0.1, 0.15) is 16.2 Å². The number of aromatic nitrogens is 2. The van der Waals surface area contributed by atoms with E-state index < -0.39 is 5.97 Å². The Morgan fingerprint density at radius 3 is 2.74 bits per heavy atom. The van der Waals surface area contributed by atoms with Crippen molar-refractivity contribution in [2.45, 2.75) is 6.61 Å². The molecule has 5 nitrogen and oxygen atoms in total. The first-order valence-electron chi connectivity index (χ1n) is 6.63. The van der Waals surface area contributed by atoms with Crippen molar-refractivity contribution >= 4 is 21.9 Å². The maximum absolute atomic E-state index is 12.9. The van der Waals surface area contributed by atoms with E-state index in [-0.39, 0.29) is 18.3 Å². The average Bonchev–Trinajstić information content (AvgIpc) is 3.02. The lowest BCUT2D eigenvalue weighted by Gasteiger charge is -2.01. The summed E-state index contributed by atoms with van der Waals surface area (Å²) in [6.07, 6.45) is 0. The number of ether oxygens (including phenoxy) is 1. The van der Waals surface area contributed by atoms with Gasteiger partial charge in [-0.15, -0.1) is 0 Å². The van der Waals surface area contributed by atoms with Gasteiger partial charge in [-0.1, -0.05) is 27.2 Å². The van der Waals surface area contributed by atoms with Gasteiger partial charge >= 0.3 is 5.97 Å². The summed E-state index contributed by atoms with van der Waals surface area (Å²) < 4.78 is 23.8. The first-order valence-corrected chi connectivity index (χ1v) is 7.42. The van der Waals surface area contributed by atoms with Gasteiger partial charge in [0.25, 0.3) is 5.89 Å². The van der Waals surface area contributed by atoms with E-state index in [1.165, 1.54) is 24.3 Å². The number of nitrogens with zero attached hydrogens (tertiary/aromatic N) is 2. The molecule has 23 heavy (non-hydrogen) atoms. The number of carbonyl (C=O) groups is 1. The van der Waals surface area contributed by atoms with Crippen molar-refractivity contribution in [1.29, 1.82) is 0 Å². The zero-order chi connectivity index (χ0) is 16.2. The molecule has 0 bridgehead atoms. The third-order valence-electron chi connectivity index (χ3n) is 2.96. The largest absolute Gasteiger partial charge is 0.452 e. The first kappa shape index (κ1) is 15.4. The SMILES string of the molecule is O=C(OCc1nc(-c2ccc(F)cc2)no1)c1cccc(Br)c1. The Labute approximate surface area is 139 Å². The number of esters is 1. The highest BCUT2D eigenvalue weighted by atomic mass is 79.9. The molecule has 7 heteroatoms. The molecule has 2 aromatic carbocycles. The zero-order valence-corrected chi connectivity index (χ0v) is 13.3. The summed E-state index contributed by atoms with van der Waals surface area (Å²) in [5, 5.41) is 3.77. The van der Waals surface area contributed by atoms with Crippen LogP contribution in [0, 0.1) is 5.82 Å². The number of hydrogen-bond donors (Lipinski definition) is 0. The minimum atomic E-state index is -0.493. The predicted molar refractivity (Wildman–Crippen MR) is 83.0 cm³/mol. The second-order valence-electron chi connectivity index (χ2n) is 4.61. The molecule has 0 N–H and O–H groups in total. The zero-order valence-electron chi connectivity index (χ0n) is 11.7. The minimum Gasteiger partial charge on any atom is -0.452 e. The molecule has 0 unspecified atom stereocenters. The Morgan fingerprint density at radius 1 is 1.22 bits per heavy atom. The van der Waals surface area contributed by atoms with E-state index in [0.717, 1.165) is 4.47 Å². The Balaban J connectivity index is 1.65. The summed E-state index contributed by atoms with van der Waals surface area (Å²) in [4.78, 5) is 16.0. The molecule has 0 aliphatic heterocycles. The van der Waals surface area contributed by atoms with Crippen LogP contribution >= 0.6 is 15.9 Å². The van der Waals surface area contributed by atoms with Gasteiger partial charge in [0.15, 0.2) is 6.61 Å². The maximum Gasteiger partial charge on any atom is 0.338 e. The van der Waals surface area contributed by atoms with Gasteiger partial charge in [0.2, 0.25) is 5.82 Å². The van der Waals surface area contributed by atoms with E-state index in [1.54, 1.807) is 18.2 Å². The molecule has 3 rings (SSSR count). The lowest BCUT2D eigenvalue weighted by atomic mass is 10.2. The number of hydrogen-bond acceptors (Lipinski definition) is 5. The smallest absolute Gasteiger partial charge is 0.338 e. The van der Waals surface area contributed by atoms with E-state index in [0.29, 0.717) is 17.0 Å². The van der Waals surface area contributed by atoms with E-state index >= 15 is 0 Å². The van der Waals surface area contributed by atoms with Crippen LogP contribution in [0.25, 0.3) is 11.4 Å².